The maximum atomic E-state index is 13.1. The van der Waals surface area contributed by atoms with E-state index in [1.165, 1.54) is 6.07 Å². The number of alkyl halides is 3. The Morgan fingerprint density at radius 2 is 2.03 bits per heavy atom. The van der Waals surface area contributed by atoms with Gasteiger partial charge in [0, 0.05) is 25.7 Å². The van der Waals surface area contributed by atoms with Gasteiger partial charge in [0.1, 0.15) is 0 Å². The lowest BCUT2D eigenvalue weighted by Gasteiger charge is -2.29. The molecular weight excluding hydrogens is 477 g/mol. The normalized spacial score (nSPS) is 17.4. The largest absolute Gasteiger partial charge is 0.416 e. The second kappa shape index (κ2) is 10.3. The molecule has 1 saturated heterocycles. The number of aliphatic hydroxyl groups excluding tert-OH is 2. The number of anilines is 1. The lowest BCUT2D eigenvalue weighted by molar-refractivity contribution is -0.137. The van der Waals surface area contributed by atoms with Crippen LogP contribution in [0.3, 0.4) is 0 Å². The van der Waals surface area contributed by atoms with Crippen molar-refractivity contribution in [1.82, 2.24) is 14.5 Å². The minimum absolute atomic E-state index is 0.0178. The van der Waals surface area contributed by atoms with Crippen molar-refractivity contribution < 1.29 is 33.0 Å². The number of aryl methyl sites for hydroxylation is 1. The summed E-state index contributed by atoms with van der Waals surface area (Å²) in [5.74, 6) is -0.978. The maximum Gasteiger partial charge on any atom is 0.416 e. The highest BCUT2D eigenvalue weighted by Crippen LogP contribution is 2.32. The highest BCUT2D eigenvalue weighted by molar-refractivity contribution is 6.04. The third-order valence-corrected chi connectivity index (χ3v) is 6.41. The van der Waals surface area contributed by atoms with E-state index in [2.05, 4.69) is 10.3 Å². The zero-order chi connectivity index (χ0) is 26.0. The van der Waals surface area contributed by atoms with Gasteiger partial charge in [0.2, 0.25) is 11.9 Å². The second-order valence-electron chi connectivity index (χ2n) is 8.95. The number of benzene rings is 2. The van der Waals surface area contributed by atoms with Gasteiger partial charge in [-0.1, -0.05) is 12.1 Å². The minimum atomic E-state index is -4.59. The van der Waals surface area contributed by atoms with Crippen LogP contribution in [0.4, 0.5) is 19.1 Å². The number of aromatic nitrogens is 2. The van der Waals surface area contributed by atoms with E-state index >= 15 is 0 Å². The molecule has 1 fully saturated rings. The maximum absolute atomic E-state index is 13.1. The smallest absolute Gasteiger partial charge is 0.394 e. The summed E-state index contributed by atoms with van der Waals surface area (Å²) in [6.07, 6.45) is -3.86. The van der Waals surface area contributed by atoms with E-state index in [9.17, 15) is 33.0 Å². The van der Waals surface area contributed by atoms with Gasteiger partial charge in [0.15, 0.2) is 0 Å². The summed E-state index contributed by atoms with van der Waals surface area (Å²) >= 11 is 0. The number of amides is 2. The minimum Gasteiger partial charge on any atom is -0.394 e. The van der Waals surface area contributed by atoms with E-state index in [1.807, 2.05) is 6.07 Å². The van der Waals surface area contributed by atoms with Gasteiger partial charge >= 0.3 is 6.18 Å². The van der Waals surface area contributed by atoms with Gasteiger partial charge < -0.3 is 19.7 Å². The first-order valence-electron chi connectivity index (χ1n) is 11.6. The molecule has 2 aromatic carbocycles. The number of fused-ring (bicyclic) bond motifs is 1. The number of aliphatic hydroxyl groups is 2. The molecule has 3 N–H and O–H groups in total. The van der Waals surface area contributed by atoms with Gasteiger partial charge in [-0.15, -0.1) is 0 Å². The Balaban J connectivity index is 1.68. The standard InChI is InChI=1S/C25H27F3N4O4/c1-31-10-3-6-19(23(31)36)15-7-8-21-20(13-15)29-24(32(21)11-9-18(34)14-33)30-22(35)16-4-2-5-17(12-16)25(26,27)28/h2,4-5,7-8,12-13,18-19,33-34H,3,6,9-11,14H2,1H3,(H,29,30,35)/t18-,19+/m0/s1. The molecule has 1 aromatic heterocycles. The van der Waals surface area contributed by atoms with E-state index in [4.69, 9.17) is 0 Å². The van der Waals surface area contributed by atoms with Gasteiger partial charge in [-0.25, -0.2) is 4.98 Å². The predicted molar refractivity (Wildman–Crippen MR) is 126 cm³/mol. The molecule has 2 amide bonds. The van der Waals surface area contributed by atoms with E-state index < -0.39 is 30.4 Å². The summed E-state index contributed by atoms with van der Waals surface area (Å²) in [7, 11) is 1.76. The van der Waals surface area contributed by atoms with E-state index in [0.717, 1.165) is 30.2 Å². The predicted octanol–water partition coefficient (Wildman–Crippen LogP) is 3.39. The van der Waals surface area contributed by atoms with Gasteiger partial charge in [-0.3, -0.25) is 14.9 Å². The number of imidazole rings is 1. The number of piperidine rings is 1. The van der Waals surface area contributed by atoms with Crippen LogP contribution < -0.4 is 5.32 Å². The Hall–Kier alpha value is -3.44. The summed E-state index contributed by atoms with van der Waals surface area (Å²) in [6, 6.07) is 9.44. The van der Waals surface area contributed by atoms with Crippen molar-refractivity contribution in [2.75, 3.05) is 25.5 Å². The number of halogens is 3. The number of likely N-dealkylation sites (tertiary alicyclic amines) is 1. The number of nitrogens with zero attached hydrogens (tertiary/aromatic N) is 3. The van der Waals surface area contributed by atoms with Crippen LogP contribution in [0.5, 0.6) is 0 Å². The number of nitrogens with one attached hydrogen (secondary N) is 1. The molecule has 8 nitrogen and oxygen atoms in total. The van der Waals surface area contributed by atoms with Gasteiger partial charge in [-0.2, -0.15) is 13.2 Å². The van der Waals surface area contributed by atoms with E-state index in [-0.39, 0.29) is 36.3 Å². The van der Waals surface area contributed by atoms with Crippen LogP contribution in [0.1, 0.15) is 46.7 Å². The Morgan fingerprint density at radius 1 is 1.25 bits per heavy atom. The monoisotopic (exact) mass is 504 g/mol. The molecule has 0 saturated carbocycles. The van der Waals surface area contributed by atoms with Crippen molar-refractivity contribution >= 4 is 28.8 Å². The fourth-order valence-corrected chi connectivity index (χ4v) is 4.41. The van der Waals surface area contributed by atoms with Crippen LogP contribution in [0, 0.1) is 0 Å². The molecule has 1 aliphatic rings. The van der Waals surface area contributed by atoms with Crippen LogP contribution in [0.15, 0.2) is 42.5 Å². The van der Waals surface area contributed by atoms with Crippen molar-refractivity contribution in [3.8, 4) is 0 Å². The Morgan fingerprint density at radius 3 is 2.75 bits per heavy atom. The molecule has 2 heterocycles. The van der Waals surface area contributed by atoms with Crippen LogP contribution in [-0.4, -0.2) is 62.8 Å². The Bertz CT molecular complexity index is 1270. The quantitative estimate of drug-likeness (QED) is 0.457. The summed E-state index contributed by atoms with van der Waals surface area (Å²) < 4.78 is 40.9. The number of carbonyl (C=O) groups is 2. The SMILES string of the molecule is CN1CCC[C@H](c2ccc3c(c2)nc(NC(=O)c2cccc(C(F)(F)F)c2)n3CC[C@H](O)CO)C1=O. The van der Waals surface area contributed by atoms with Crippen molar-refractivity contribution in [1.29, 1.82) is 0 Å². The molecule has 0 aliphatic carbocycles. The van der Waals surface area contributed by atoms with Crippen LogP contribution in [0.2, 0.25) is 0 Å². The molecular formula is C25H27F3N4O4. The van der Waals surface area contributed by atoms with Crippen LogP contribution in [-0.2, 0) is 17.5 Å². The van der Waals surface area contributed by atoms with Crippen molar-refractivity contribution in [2.24, 2.45) is 0 Å². The van der Waals surface area contributed by atoms with Gasteiger partial charge in [-0.05, 0) is 55.2 Å². The number of likely N-dealkylation sites (N-methyl/N-ethyl adjacent to an activating group) is 1. The fourth-order valence-electron chi connectivity index (χ4n) is 4.41. The van der Waals surface area contributed by atoms with E-state index in [0.29, 0.717) is 24.0 Å². The zero-order valence-electron chi connectivity index (χ0n) is 19.6. The Labute approximate surface area is 205 Å². The molecule has 3 aromatic rings. The van der Waals surface area contributed by atoms with Crippen molar-refractivity contribution in [3.05, 3.63) is 59.2 Å². The zero-order valence-corrected chi connectivity index (χ0v) is 19.6. The second-order valence-corrected chi connectivity index (χ2v) is 8.95. The first-order chi connectivity index (χ1) is 17.1. The number of hydrogen-bond acceptors (Lipinski definition) is 5. The lowest BCUT2D eigenvalue weighted by atomic mass is 9.90. The molecule has 0 unspecified atom stereocenters. The summed E-state index contributed by atoms with van der Waals surface area (Å²) in [6.45, 7) is 0.437. The number of rotatable bonds is 7. The molecule has 36 heavy (non-hydrogen) atoms. The summed E-state index contributed by atoms with van der Waals surface area (Å²) in [5, 5.41) is 21.6. The highest BCUT2D eigenvalue weighted by Gasteiger charge is 2.31. The topological polar surface area (TPSA) is 108 Å². The van der Waals surface area contributed by atoms with Crippen LogP contribution >= 0.6 is 0 Å². The fraction of sp³-hybridized carbons (Fsp3) is 0.400. The first-order valence-corrected chi connectivity index (χ1v) is 11.6. The van der Waals surface area contributed by atoms with Gasteiger partial charge in [0.25, 0.3) is 5.91 Å². The summed E-state index contributed by atoms with van der Waals surface area (Å²) in [5.41, 5.74) is 0.762. The van der Waals surface area contributed by atoms with Crippen molar-refractivity contribution in [2.45, 2.75) is 44.0 Å². The molecule has 0 spiro atoms. The molecule has 4 rings (SSSR count). The van der Waals surface area contributed by atoms with Crippen LogP contribution in [0.25, 0.3) is 11.0 Å². The lowest BCUT2D eigenvalue weighted by Crippen LogP contribution is -2.36. The molecule has 2 atom stereocenters. The molecule has 1 aliphatic heterocycles. The molecule has 0 radical (unpaired) electrons. The third kappa shape index (κ3) is 5.36. The average molecular weight is 505 g/mol. The summed E-state index contributed by atoms with van der Waals surface area (Å²) in [4.78, 5) is 31.7. The number of carbonyl (C=O) groups excluding carboxylic acids is 2. The average Bonchev–Trinajstić information content (AvgIpc) is 3.19. The van der Waals surface area contributed by atoms with Gasteiger partial charge in [0.05, 0.1) is 35.2 Å². The Kier molecular flexibility index (Phi) is 7.32. The van der Waals surface area contributed by atoms with E-state index in [1.54, 1.807) is 28.6 Å². The number of hydrogen-bond donors (Lipinski definition) is 3. The molecule has 192 valence electrons. The molecule has 0 bridgehead atoms. The first kappa shape index (κ1) is 25.6. The highest BCUT2D eigenvalue weighted by atomic mass is 19.4. The third-order valence-electron chi connectivity index (χ3n) is 6.41. The molecule has 11 heteroatoms. The van der Waals surface area contributed by atoms with Crippen molar-refractivity contribution in [3.63, 3.8) is 0 Å².